The SMILES string of the molecule is C=C[C@@]1(C)CCC2=C(C[C@H](O)[C@H]3[C@](C)(CO)CCC[C@]23C)C1. The highest BCUT2D eigenvalue weighted by Crippen LogP contribution is 2.62. The topological polar surface area (TPSA) is 40.5 Å². The Kier molecular flexibility index (Phi) is 3.85. The van der Waals surface area contributed by atoms with Gasteiger partial charge in [0.2, 0.25) is 0 Å². The minimum absolute atomic E-state index is 0.0746. The first-order chi connectivity index (χ1) is 10.3. The third kappa shape index (κ3) is 2.22. The van der Waals surface area contributed by atoms with E-state index in [1.54, 1.807) is 5.57 Å². The number of fused-ring (bicyclic) bond motifs is 2. The number of hydrogen-bond donors (Lipinski definition) is 2. The Morgan fingerprint density at radius 2 is 1.95 bits per heavy atom. The van der Waals surface area contributed by atoms with Gasteiger partial charge in [-0.15, -0.1) is 6.58 Å². The smallest absolute Gasteiger partial charge is 0.0619 e. The van der Waals surface area contributed by atoms with Gasteiger partial charge in [-0.05, 0) is 54.8 Å². The Bertz CT molecular complexity index is 508. The van der Waals surface area contributed by atoms with Crippen molar-refractivity contribution < 1.29 is 10.2 Å². The lowest BCUT2D eigenvalue weighted by Crippen LogP contribution is -2.55. The molecule has 3 aliphatic rings. The fourth-order valence-electron chi connectivity index (χ4n) is 6.04. The Labute approximate surface area is 135 Å². The Morgan fingerprint density at radius 1 is 1.23 bits per heavy atom. The highest BCUT2D eigenvalue weighted by molar-refractivity contribution is 5.34. The lowest BCUT2D eigenvalue weighted by atomic mass is 9.47. The highest BCUT2D eigenvalue weighted by Gasteiger charge is 2.56. The zero-order chi connectivity index (χ0) is 16.2. The van der Waals surface area contributed by atoms with Crippen molar-refractivity contribution in [3.63, 3.8) is 0 Å². The molecule has 22 heavy (non-hydrogen) atoms. The van der Waals surface area contributed by atoms with Crippen molar-refractivity contribution in [1.82, 2.24) is 0 Å². The molecule has 0 radical (unpaired) electrons. The summed E-state index contributed by atoms with van der Waals surface area (Å²) in [4.78, 5) is 0. The average Bonchev–Trinajstić information content (AvgIpc) is 2.46. The van der Waals surface area contributed by atoms with Gasteiger partial charge in [-0.3, -0.25) is 0 Å². The maximum atomic E-state index is 10.9. The summed E-state index contributed by atoms with van der Waals surface area (Å²) in [7, 11) is 0. The molecule has 0 amide bonds. The van der Waals surface area contributed by atoms with Crippen molar-refractivity contribution in [3.8, 4) is 0 Å². The molecule has 3 rings (SSSR count). The van der Waals surface area contributed by atoms with Crippen LogP contribution in [-0.4, -0.2) is 22.9 Å². The quantitative estimate of drug-likeness (QED) is 0.750. The molecule has 0 aromatic rings. The van der Waals surface area contributed by atoms with Crippen molar-refractivity contribution in [1.29, 1.82) is 0 Å². The lowest BCUT2D eigenvalue weighted by Gasteiger charge is -2.59. The molecular formula is C20H32O2. The van der Waals surface area contributed by atoms with Crippen molar-refractivity contribution in [3.05, 3.63) is 23.8 Å². The summed E-state index contributed by atoms with van der Waals surface area (Å²) < 4.78 is 0. The molecule has 0 heterocycles. The van der Waals surface area contributed by atoms with Crippen molar-refractivity contribution >= 4 is 0 Å². The fourth-order valence-corrected chi connectivity index (χ4v) is 6.04. The molecular weight excluding hydrogens is 272 g/mol. The number of allylic oxidation sites excluding steroid dienone is 2. The Hall–Kier alpha value is -0.600. The van der Waals surface area contributed by atoms with Gasteiger partial charge in [0.05, 0.1) is 6.10 Å². The van der Waals surface area contributed by atoms with Crippen molar-refractivity contribution in [2.45, 2.75) is 71.8 Å². The molecule has 0 spiro atoms. The summed E-state index contributed by atoms with van der Waals surface area (Å²) in [6.07, 6.45) is 9.32. The van der Waals surface area contributed by atoms with Crippen LogP contribution in [0.3, 0.4) is 0 Å². The van der Waals surface area contributed by atoms with Crippen LogP contribution < -0.4 is 0 Å². The van der Waals surface area contributed by atoms with Crippen LogP contribution in [0.25, 0.3) is 0 Å². The van der Waals surface area contributed by atoms with E-state index in [1.165, 1.54) is 12.0 Å². The Morgan fingerprint density at radius 3 is 2.59 bits per heavy atom. The highest BCUT2D eigenvalue weighted by atomic mass is 16.3. The van der Waals surface area contributed by atoms with E-state index in [-0.39, 0.29) is 34.9 Å². The zero-order valence-corrected chi connectivity index (χ0v) is 14.5. The first-order valence-corrected chi connectivity index (χ1v) is 8.92. The van der Waals surface area contributed by atoms with Gasteiger partial charge in [-0.25, -0.2) is 0 Å². The van der Waals surface area contributed by atoms with E-state index in [0.717, 1.165) is 38.5 Å². The second kappa shape index (κ2) is 5.21. The van der Waals surface area contributed by atoms with Gasteiger partial charge in [-0.2, -0.15) is 0 Å². The molecule has 0 bridgehead atoms. The van der Waals surface area contributed by atoms with E-state index in [1.807, 2.05) is 0 Å². The molecule has 0 aromatic carbocycles. The molecule has 1 saturated carbocycles. The van der Waals surface area contributed by atoms with Crippen LogP contribution in [0.15, 0.2) is 23.8 Å². The molecule has 2 nitrogen and oxygen atoms in total. The molecule has 0 unspecified atom stereocenters. The third-order valence-electron chi connectivity index (χ3n) is 7.26. The molecule has 1 fully saturated rings. The van der Waals surface area contributed by atoms with E-state index >= 15 is 0 Å². The molecule has 5 atom stereocenters. The summed E-state index contributed by atoms with van der Waals surface area (Å²) >= 11 is 0. The van der Waals surface area contributed by atoms with Crippen LogP contribution in [0.5, 0.6) is 0 Å². The molecule has 0 saturated heterocycles. The monoisotopic (exact) mass is 304 g/mol. The number of hydrogen-bond acceptors (Lipinski definition) is 2. The minimum Gasteiger partial charge on any atom is -0.396 e. The zero-order valence-electron chi connectivity index (χ0n) is 14.5. The van der Waals surface area contributed by atoms with Gasteiger partial charge in [0.15, 0.2) is 0 Å². The van der Waals surface area contributed by atoms with E-state index in [0.29, 0.717) is 0 Å². The average molecular weight is 304 g/mol. The van der Waals surface area contributed by atoms with Gasteiger partial charge in [-0.1, -0.05) is 44.4 Å². The van der Waals surface area contributed by atoms with Crippen LogP contribution in [-0.2, 0) is 0 Å². The number of aliphatic hydroxyl groups is 2. The van der Waals surface area contributed by atoms with Gasteiger partial charge >= 0.3 is 0 Å². The summed E-state index contributed by atoms with van der Waals surface area (Å²) in [5, 5.41) is 20.9. The molecule has 0 aliphatic heterocycles. The minimum atomic E-state index is -0.312. The summed E-state index contributed by atoms with van der Waals surface area (Å²) in [5.74, 6) is 0.200. The third-order valence-corrected chi connectivity index (χ3v) is 7.26. The maximum Gasteiger partial charge on any atom is 0.0619 e. The predicted octanol–water partition coefficient (Wildman–Crippen LogP) is 4.23. The lowest BCUT2D eigenvalue weighted by molar-refractivity contribution is -0.105. The van der Waals surface area contributed by atoms with E-state index < -0.39 is 0 Å². The molecule has 0 aromatic heterocycles. The number of rotatable bonds is 2. The normalized spacial score (nSPS) is 48.6. The maximum absolute atomic E-state index is 10.9. The van der Waals surface area contributed by atoms with Crippen molar-refractivity contribution in [2.75, 3.05) is 6.61 Å². The number of aliphatic hydroxyl groups excluding tert-OH is 2. The van der Waals surface area contributed by atoms with Crippen LogP contribution >= 0.6 is 0 Å². The van der Waals surface area contributed by atoms with Crippen molar-refractivity contribution in [2.24, 2.45) is 22.2 Å². The summed E-state index contributed by atoms with van der Waals surface area (Å²) in [6, 6.07) is 0. The van der Waals surface area contributed by atoms with Gasteiger partial charge < -0.3 is 10.2 Å². The second-order valence-corrected chi connectivity index (χ2v) is 8.95. The van der Waals surface area contributed by atoms with E-state index in [2.05, 4.69) is 33.4 Å². The standard InChI is InChI=1S/C20H32O2/c1-5-18(2)10-7-15-14(12-18)11-16(22)17-19(3,13-21)8-6-9-20(15,17)4/h5,16-17,21-22H,1,6-13H2,2-4H3/t16-,17-,18-,19-,20+/m0/s1. The van der Waals surface area contributed by atoms with E-state index in [9.17, 15) is 10.2 Å². The Balaban J connectivity index is 2.04. The fraction of sp³-hybridized carbons (Fsp3) is 0.800. The summed E-state index contributed by atoms with van der Waals surface area (Å²) in [6.45, 7) is 11.1. The van der Waals surface area contributed by atoms with Gasteiger partial charge in [0, 0.05) is 12.5 Å². The van der Waals surface area contributed by atoms with Crippen LogP contribution in [0.2, 0.25) is 0 Å². The van der Waals surface area contributed by atoms with Crippen LogP contribution in [0.1, 0.15) is 65.7 Å². The van der Waals surface area contributed by atoms with E-state index in [4.69, 9.17) is 0 Å². The summed E-state index contributed by atoms with van der Waals surface area (Å²) in [5.41, 5.74) is 3.23. The van der Waals surface area contributed by atoms with Crippen LogP contribution in [0, 0.1) is 22.2 Å². The first kappa shape index (κ1) is 16.3. The molecule has 2 N–H and O–H groups in total. The van der Waals surface area contributed by atoms with Gasteiger partial charge in [0.25, 0.3) is 0 Å². The molecule has 3 aliphatic carbocycles. The first-order valence-electron chi connectivity index (χ1n) is 8.92. The second-order valence-electron chi connectivity index (χ2n) is 8.95. The largest absolute Gasteiger partial charge is 0.396 e. The van der Waals surface area contributed by atoms with Gasteiger partial charge in [0.1, 0.15) is 0 Å². The predicted molar refractivity (Wildman–Crippen MR) is 90.4 cm³/mol. The molecule has 2 heteroatoms. The van der Waals surface area contributed by atoms with Crippen LogP contribution in [0.4, 0.5) is 0 Å². The molecule has 124 valence electrons.